The number of amides is 2. The van der Waals surface area contributed by atoms with Gasteiger partial charge in [-0.05, 0) is 38.0 Å². The molecule has 0 aromatic carbocycles. The Kier molecular flexibility index (Phi) is 5.79. The maximum Gasteiger partial charge on any atom is 0.239 e. The van der Waals surface area contributed by atoms with Crippen molar-refractivity contribution in [1.82, 2.24) is 10.2 Å². The van der Waals surface area contributed by atoms with Crippen LogP contribution in [0.15, 0.2) is 0 Å². The first-order chi connectivity index (χ1) is 9.57. The Morgan fingerprint density at radius 3 is 2.43 bits per heavy atom. The Bertz CT molecular complexity index is 393. The van der Waals surface area contributed by atoms with Crippen molar-refractivity contribution in [3.8, 4) is 0 Å². The molecular formula is C16H31N3O2. The maximum atomic E-state index is 12.7. The fourth-order valence-electron chi connectivity index (χ4n) is 3.22. The van der Waals surface area contributed by atoms with Gasteiger partial charge in [0, 0.05) is 25.0 Å². The number of hydrogen-bond donors (Lipinski definition) is 2. The third kappa shape index (κ3) is 4.19. The molecule has 0 spiro atoms. The number of carbonyl (C=O) groups excluding carboxylic acids is 2. The molecule has 1 rings (SSSR count). The third-order valence-corrected chi connectivity index (χ3v) is 5.01. The zero-order valence-corrected chi connectivity index (χ0v) is 14.3. The van der Waals surface area contributed by atoms with Crippen molar-refractivity contribution in [2.75, 3.05) is 13.6 Å². The summed E-state index contributed by atoms with van der Waals surface area (Å²) in [4.78, 5) is 26.0. The van der Waals surface area contributed by atoms with Gasteiger partial charge in [-0.3, -0.25) is 9.59 Å². The minimum absolute atomic E-state index is 0.0534. The van der Waals surface area contributed by atoms with Crippen LogP contribution in [0, 0.1) is 17.3 Å². The Labute approximate surface area is 128 Å². The summed E-state index contributed by atoms with van der Waals surface area (Å²) in [6.45, 7) is 10.3. The molecule has 0 bridgehead atoms. The minimum atomic E-state index is -0.141. The number of likely N-dealkylation sites (N-methyl/N-ethyl adjacent to an activating group) is 1. The normalized spacial score (nSPS) is 28.3. The lowest BCUT2D eigenvalue weighted by molar-refractivity contribution is -0.144. The van der Waals surface area contributed by atoms with Crippen molar-refractivity contribution in [2.24, 2.45) is 23.0 Å². The monoisotopic (exact) mass is 297 g/mol. The van der Waals surface area contributed by atoms with E-state index in [1.807, 2.05) is 13.8 Å². The fourth-order valence-corrected chi connectivity index (χ4v) is 3.22. The van der Waals surface area contributed by atoms with Gasteiger partial charge < -0.3 is 16.0 Å². The van der Waals surface area contributed by atoms with Gasteiger partial charge in [0.2, 0.25) is 11.8 Å². The second-order valence-corrected chi connectivity index (χ2v) is 7.32. The van der Waals surface area contributed by atoms with Crippen LogP contribution in [-0.2, 0) is 9.59 Å². The first kappa shape index (κ1) is 18.0. The summed E-state index contributed by atoms with van der Waals surface area (Å²) < 4.78 is 0. The van der Waals surface area contributed by atoms with E-state index in [9.17, 15) is 9.59 Å². The summed E-state index contributed by atoms with van der Waals surface area (Å²) in [5.74, 6) is 0.166. The highest BCUT2D eigenvalue weighted by atomic mass is 16.2. The SMILES string of the molecule is CC(C)NC(=O)CN(C)C(=O)C1CCC(N)C(C)C1(C)C. The number of carbonyl (C=O) groups is 2. The van der Waals surface area contributed by atoms with Gasteiger partial charge in [0.1, 0.15) is 0 Å². The van der Waals surface area contributed by atoms with Gasteiger partial charge in [0.25, 0.3) is 0 Å². The topological polar surface area (TPSA) is 75.4 Å². The summed E-state index contributed by atoms with van der Waals surface area (Å²) in [5.41, 5.74) is 6.00. The molecule has 0 saturated heterocycles. The van der Waals surface area contributed by atoms with Gasteiger partial charge in [0.05, 0.1) is 6.54 Å². The first-order valence-corrected chi connectivity index (χ1v) is 7.87. The summed E-state index contributed by atoms with van der Waals surface area (Å²) in [7, 11) is 1.71. The molecule has 1 fully saturated rings. The van der Waals surface area contributed by atoms with Crippen LogP contribution in [0.3, 0.4) is 0 Å². The number of nitrogens with one attached hydrogen (secondary N) is 1. The van der Waals surface area contributed by atoms with Crippen LogP contribution in [0.4, 0.5) is 0 Å². The van der Waals surface area contributed by atoms with Crippen molar-refractivity contribution in [2.45, 2.75) is 59.5 Å². The van der Waals surface area contributed by atoms with Crippen molar-refractivity contribution in [3.05, 3.63) is 0 Å². The minimum Gasteiger partial charge on any atom is -0.352 e. The molecule has 5 nitrogen and oxygen atoms in total. The van der Waals surface area contributed by atoms with Crippen LogP contribution >= 0.6 is 0 Å². The zero-order chi connectivity index (χ0) is 16.4. The van der Waals surface area contributed by atoms with Crippen molar-refractivity contribution in [3.63, 3.8) is 0 Å². The van der Waals surface area contributed by atoms with Crippen molar-refractivity contribution < 1.29 is 9.59 Å². The van der Waals surface area contributed by atoms with E-state index in [1.165, 1.54) is 0 Å². The molecule has 0 radical (unpaired) electrons. The lowest BCUT2D eigenvalue weighted by Crippen LogP contribution is -2.53. The van der Waals surface area contributed by atoms with Gasteiger partial charge >= 0.3 is 0 Å². The van der Waals surface area contributed by atoms with E-state index in [4.69, 9.17) is 5.73 Å². The van der Waals surface area contributed by atoms with E-state index in [0.29, 0.717) is 0 Å². The lowest BCUT2D eigenvalue weighted by Gasteiger charge is -2.46. The van der Waals surface area contributed by atoms with Crippen LogP contribution in [0.1, 0.15) is 47.5 Å². The molecule has 5 heteroatoms. The highest BCUT2D eigenvalue weighted by Crippen LogP contribution is 2.44. The second-order valence-electron chi connectivity index (χ2n) is 7.32. The van der Waals surface area contributed by atoms with Gasteiger partial charge in [-0.25, -0.2) is 0 Å². The van der Waals surface area contributed by atoms with Crippen LogP contribution in [0.2, 0.25) is 0 Å². The molecule has 1 aliphatic carbocycles. The van der Waals surface area contributed by atoms with E-state index in [-0.39, 0.29) is 47.7 Å². The summed E-state index contributed by atoms with van der Waals surface area (Å²) in [6, 6.07) is 0.240. The zero-order valence-electron chi connectivity index (χ0n) is 14.3. The molecule has 3 unspecified atom stereocenters. The molecule has 1 saturated carbocycles. The first-order valence-electron chi connectivity index (χ1n) is 7.87. The molecule has 3 N–H and O–H groups in total. The molecule has 122 valence electrons. The quantitative estimate of drug-likeness (QED) is 0.823. The average Bonchev–Trinajstić information content (AvgIpc) is 2.34. The molecule has 0 aliphatic heterocycles. The maximum absolute atomic E-state index is 12.7. The Hall–Kier alpha value is -1.10. The average molecular weight is 297 g/mol. The van der Waals surface area contributed by atoms with E-state index < -0.39 is 0 Å². The van der Waals surface area contributed by atoms with Crippen LogP contribution in [-0.4, -0.2) is 42.4 Å². The highest BCUT2D eigenvalue weighted by Gasteiger charge is 2.45. The second kappa shape index (κ2) is 6.77. The number of hydrogen-bond acceptors (Lipinski definition) is 3. The fraction of sp³-hybridized carbons (Fsp3) is 0.875. The summed E-state index contributed by atoms with van der Waals surface area (Å²) in [6.07, 6.45) is 1.67. The number of rotatable bonds is 4. The molecule has 0 heterocycles. The van der Waals surface area contributed by atoms with E-state index in [1.54, 1.807) is 11.9 Å². The summed E-state index contributed by atoms with van der Waals surface area (Å²) >= 11 is 0. The Balaban J connectivity index is 2.71. The number of nitrogens with two attached hydrogens (primary N) is 1. The summed E-state index contributed by atoms with van der Waals surface area (Å²) in [5, 5.41) is 2.82. The van der Waals surface area contributed by atoms with Crippen molar-refractivity contribution >= 4 is 11.8 Å². The standard InChI is InChI=1S/C16H31N3O2/c1-10(2)18-14(20)9-19(6)15(21)12-7-8-13(17)11(3)16(12,4)5/h10-13H,7-9,17H2,1-6H3,(H,18,20). The molecule has 1 aliphatic rings. The van der Waals surface area contributed by atoms with E-state index in [0.717, 1.165) is 12.8 Å². The van der Waals surface area contributed by atoms with Crippen LogP contribution in [0.25, 0.3) is 0 Å². The molecule has 0 aromatic rings. The smallest absolute Gasteiger partial charge is 0.239 e. The molecule has 21 heavy (non-hydrogen) atoms. The van der Waals surface area contributed by atoms with E-state index in [2.05, 4.69) is 26.1 Å². The number of nitrogens with zero attached hydrogens (tertiary/aromatic N) is 1. The van der Waals surface area contributed by atoms with Gasteiger partial charge in [-0.2, -0.15) is 0 Å². The van der Waals surface area contributed by atoms with Gasteiger partial charge in [0.15, 0.2) is 0 Å². The molecule has 2 amide bonds. The van der Waals surface area contributed by atoms with Crippen LogP contribution in [0.5, 0.6) is 0 Å². The largest absolute Gasteiger partial charge is 0.352 e. The Morgan fingerprint density at radius 2 is 1.90 bits per heavy atom. The predicted octanol–water partition coefficient (Wildman–Crippen LogP) is 1.37. The lowest BCUT2D eigenvalue weighted by atomic mass is 9.61. The molecular weight excluding hydrogens is 266 g/mol. The van der Waals surface area contributed by atoms with Crippen molar-refractivity contribution in [1.29, 1.82) is 0 Å². The molecule has 3 atom stereocenters. The van der Waals surface area contributed by atoms with Gasteiger partial charge in [-0.15, -0.1) is 0 Å². The predicted molar refractivity (Wildman–Crippen MR) is 84.6 cm³/mol. The van der Waals surface area contributed by atoms with E-state index >= 15 is 0 Å². The Morgan fingerprint density at radius 1 is 1.33 bits per heavy atom. The molecule has 0 aromatic heterocycles. The van der Waals surface area contributed by atoms with Gasteiger partial charge in [-0.1, -0.05) is 20.8 Å². The highest BCUT2D eigenvalue weighted by molar-refractivity contribution is 5.86. The third-order valence-electron chi connectivity index (χ3n) is 5.01. The van der Waals surface area contributed by atoms with Crippen LogP contribution < -0.4 is 11.1 Å².